The van der Waals surface area contributed by atoms with Crippen molar-refractivity contribution in [3.63, 3.8) is 0 Å². The summed E-state index contributed by atoms with van der Waals surface area (Å²) in [4.78, 5) is 39.7. The Labute approximate surface area is 209 Å². The Hall–Kier alpha value is -1.50. The molecule has 2 heterocycles. The van der Waals surface area contributed by atoms with Gasteiger partial charge in [-0.2, -0.15) is 0 Å². The first-order chi connectivity index (χ1) is 14.8. The van der Waals surface area contributed by atoms with Crippen molar-refractivity contribution >= 4 is 79.8 Å². The Morgan fingerprint density at radius 3 is 2.61 bits per heavy atom. The number of carbonyl (C=O) groups is 3. The SMILES string of the molecule is O=C(Cc1ccccc1I)NC1S[C@@H]2CC(=O)N2C(C(=O)O)=C1Sc1ccccc1Br. The number of fused-ring (bicyclic) bond motifs is 1. The van der Waals surface area contributed by atoms with Gasteiger partial charge in [-0.1, -0.05) is 42.1 Å². The van der Waals surface area contributed by atoms with Crippen LogP contribution in [0.3, 0.4) is 0 Å². The number of hydrogen-bond acceptors (Lipinski definition) is 5. The Morgan fingerprint density at radius 2 is 1.94 bits per heavy atom. The van der Waals surface area contributed by atoms with E-state index in [1.54, 1.807) is 0 Å². The first-order valence-electron chi connectivity index (χ1n) is 9.25. The zero-order valence-electron chi connectivity index (χ0n) is 15.9. The number of β-lactam (4-membered cyclic amide) rings is 1. The van der Waals surface area contributed by atoms with Crippen LogP contribution in [-0.4, -0.2) is 38.5 Å². The second-order valence-corrected chi connectivity index (χ2v) is 11.2. The number of aliphatic carboxylic acids is 1. The molecule has 0 aliphatic carbocycles. The minimum atomic E-state index is -1.18. The van der Waals surface area contributed by atoms with Gasteiger partial charge in [0.25, 0.3) is 0 Å². The zero-order chi connectivity index (χ0) is 22.1. The number of nitrogens with one attached hydrogen (secondary N) is 1. The lowest BCUT2D eigenvalue weighted by molar-refractivity contribution is -0.146. The number of carbonyl (C=O) groups excluding carboxylic acids is 2. The fourth-order valence-electron chi connectivity index (χ4n) is 3.29. The van der Waals surface area contributed by atoms with Gasteiger partial charge in [-0.25, -0.2) is 4.79 Å². The van der Waals surface area contributed by atoms with Crippen LogP contribution in [-0.2, 0) is 20.8 Å². The number of carboxylic acids is 1. The summed E-state index contributed by atoms with van der Waals surface area (Å²) in [5.41, 5.74) is 0.852. The summed E-state index contributed by atoms with van der Waals surface area (Å²) < 4.78 is 1.80. The van der Waals surface area contributed by atoms with E-state index in [-0.39, 0.29) is 35.7 Å². The van der Waals surface area contributed by atoms with Crippen molar-refractivity contribution < 1.29 is 19.5 Å². The molecule has 0 saturated carbocycles. The molecule has 0 spiro atoms. The number of nitrogens with zero attached hydrogens (tertiary/aromatic N) is 1. The van der Waals surface area contributed by atoms with Gasteiger partial charge in [-0.3, -0.25) is 14.5 Å². The summed E-state index contributed by atoms with van der Waals surface area (Å²) in [6, 6.07) is 15.1. The summed E-state index contributed by atoms with van der Waals surface area (Å²) in [6.07, 6.45) is 0.455. The molecule has 4 rings (SSSR count). The minimum absolute atomic E-state index is 0.0552. The maximum atomic E-state index is 12.8. The van der Waals surface area contributed by atoms with Gasteiger partial charge >= 0.3 is 5.97 Å². The molecule has 10 heteroatoms. The van der Waals surface area contributed by atoms with Crippen molar-refractivity contribution in [2.45, 2.75) is 28.5 Å². The van der Waals surface area contributed by atoms with Crippen LogP contribution in [0, 0.1) is 3.57 Å². The molecule has 0 aromatic heterocycles. The van der Waals surface area contributed by atoms with Gasteiger partial charge in [0, 0.05) is 12.9 Å². The summed E-state index contributed by atoms with van der Waals surface area (Å²) in [5.74, 6) is -1.59. The van der Waals surface area contributed by atoms with E-state index < -0.39 is 11.3 Å². The predicted molar refractivity (Wildman–Crippen MR) is 132 cm³/mol. The predicted octanol–water partition coefficient (Wildman–Crippen LogP) is 4.43. The van der Waals surface area contributed by atoms with Crippen molar-refractivity contribution in [3.05, 3.63) is 72.7 Å². The van der Waals surface area contributed by atoms with Crippen molar-refractivity contribution in [1.82, 2.24) is 10.2 Å². The van der Waals surface area contributed by atoms with Crippen LogP contribution in [0.1, 0.15) is 12.0 Å². The van der Waals surface area contributed by atoms with E-state index in [9.17, 15) is 19.5 Å². The van der Waals surface area contributed by atoms with Crippen LogP contribution in [0.25, 0.3) is 0 Å². The molecule has 0 radical (unpaired) electrons. The van der Waals surface area contributed by atoms with Crippen LogP contribution in [0.2, 0.25) is 0 Å². The summed E-state index contributed by atoms with van der Waals surface area (Å²) in [6.45, 7) is 0. The lowest BCUT2D eigenvalue weighted by Crippen LogP contribution is -2.57. The third-order valence-electron chi connectivity index (χ3n) is 4.77. The quantitative estimate of drug-likeness (QED) is 0.363. The van der Waals surface area contributed by atoms with Crippen LogP contribution >= 0.6 is 62.0 Å². The van der Waals surface area contributed by atoms with Gasteiger partial charge in [0.15, 0.2) is 0 Å². The fourth-order valence-corrected chi connectivity index (χ4v) is 7.04. The molecule has 160 valence electrons. The number of hydrogen-bond donors (Lipinski definition) is 2. The van der Waals surface area contributed by atoms with Gasteiger partial charge in [0.1, 0.15) is 11.1 Å². The molecular formula is C21H16BrIN2O4S2. The number of carboxylic acid groups (broad SMARTS) is 1. The third-order valence-corrected chi connectivity index (χ3v) is 9.47. The Morgan fingerprint density at radius 1 is 1.23 bits per heavy atom. The summed E-state index contributed by atoms with van der Waals surface area (Å²) in [7, 11) is 0. The highest BCUT2D eigenvalue weighted by Gasteiger charge is 2.49. The van der Waals surface area contributed by atoms with E-state index in [2.05, 4.69) is 43.8 Å². The van der Waals surface area contributed by atoms with Crippen LogP contribution < -0.4 is 5.32 Å². The van der Waals surface area contributed by atoms with Gasteiger partial charge in [0.05, 0.1) is 23.1 Å². The Bertz CT molecular complexity index is 1110. The molecule has 0 bridgehead atoms. The number of halogens is 2. The van der Waals surface area contributed by atoms with Crippen LogP contribution in [0.5, 0.6) is 0 Å². The van der Waals surface area contributed by atoms with Crippen LogP contribution in [0.4, 0.5) is 0 Å². The van der Waals surface area contributed by atoms with E-state index in [0.717, 1.165) is 18.5 Å². The second-order valence-electron chi connectivity index (χ2n) is 6.82. The molecule has 2 atom stereocenters. The first kappa shape index (κ1) is 22.7. The molecule has 1 unspecified atom stereocenters. The number of rotatable bonds is 6. The molecule has 1 fully saturated rings. The molecule has 6 nitrogen and oxygen atoms in total. The van der Waals surface area contributed by atoms with Crippen LogP contribution in [0.15, 0.2) is 68.5 Å². The Balaban J connectivity index is 1.66. The maximum Gasteiger partial charge on any atom is 0.353 e. The highest BCUT2D eigenvalue weighted by atomic mass is 127. The highest BCUT2D eigenvalue weighted by Crippen LogP contribution is 2.49. The van der Waals surface area contributed by atoms with Crippen molar-refractivity contribution in [1.29, 1.82) is 0 Å². The van der Waals surface area contributed by atoms with E-state index in [1.807, 2.05) is 48.5 Å². The van der Waals surface area contributed by atoms with Crippen molar-refractivity contribution in [2.24, 2.45) is 0 Å². The van der Waals surface area contributed by atoms with E-state index in [0.29, 0.717) is 4.91 Å². The molecule has 31 heavy (non-hydrogen) atoms. The van der Waals surface area contributed by atoms with Crippen molar-refractivity contribution in [2.75, 3.05) is 0 Å². The van der Waals surface area contributed by atoms with E-state index in [4.69, 9.17) is 0 Å². The molecule has 2 N–H and O–H groups in total. The number of thioether (sulfide) groups is 2. The van der Waals surface area contributed by atoms with E-state index in [1.165, 1.54) is 28.4 Å². The first-order valence-corrected chi connectivity index (χ1v) is 12.9. The lowest BCUT2D eigenvalue weighted by Gasteiger charge is -2.46. The van der Waals surface area contributed by atoms with Gasteiger partial charge in [-0.05, 0) is 62.3 Å². The third kappa shape index (κ3) is 4.81. The fraction of sp³-hybridized carbons (Fsp3) is 0.190. The summed E-state index contributed by atoms with van der Waals surface area (Å²) >= 11 is 8.33. The lowest BCUT2D eigenvalue weighted by atomic mass is 10.1. The topological polar surface area (TPSA) is 86.7 Å². The second kappa shape index (κ2) is 9.55. The average Bonchev–Trinajstić information content (AvgIpc) is 2.72. The van der Waals surface area contributed by atoms with E-state index >= 15 is 0 Å². The largest absolute Gasteiger partial charge is 0.477 e. The Kier molecular flexibility index (Phi) is 6.99. The van der Waals surface area contributed by atoms with Crippen molar-refractivity contribution in [3.8, 4) is 0 Å². The highest BCUT2D eigenvalue weighted by molar-refractivity contribution is 14.1. The molecule has 2 aliphatic heterocycles. The molecule has 2 amide bonds. The summed E-state index contributed by atoms with van der Waals surface area (Å²) in [5, 5.41) is 12.1. The van der Waals surface area contributed by atoms with Gasteiger partial charge in [-0.15, -0.1) is 11.8 Å². The average molecular weight is 631 g/mol. The monoisotopic (exact) mass is 630 g/mol. The molecule has 2 aromatic rings. The molecule has 2 aromatic carbocycles. The van der Waals surface area contributed by atoms with Gasteiger partial charge < -0.3 is 10.4 Å². The maximum absolute atomic E-state index is 12.8. The number of amides is 2. The normalized spacial score (nSPS) is 20.2. The zero-order valence-corrected chi connectivity index (χ0v) is 21.3. The standard InChI is InChI=1S/C21H16BrIN2O4S2/c22-12-6-2-4-8-14(12)30-19-18(21(28)29)25-16(27)10-17(25)31-20(19)24-15(26)9-11-5-1-3-7-13(11)23/h1-8,17,20H,9-10H2,(H,24,26)(H,28,29)/t17-,20?/m1/s1. The minimum Gasteiger partial charge on any atom is -0.477 e. The molecular weight excluding hydrogens is 615 g/mol. The van der Waals surface area contributed by atoms with Gasteiger partial charge in [0.2, 0.25) is 11.8 Å². The smallest absolute Gasteiger partial charge is 0.353 e. The molecule has 2 aliphatic rings. The number of benzene rings is 2. The molecule has 1 saturated heterocycles.